The lowest BCUT2D eigenvalue weighted by molar-refractivity contribution is 0.0733. The summed E-state index contributed by atoms with van der Waals surface area (Å²) < 4.78 is 10.3. The lowest BCUT2D eigenvalue weighted by Gasteiger charge is -2.28. The number of guanidine groups is 1. The molecule has 0 saturated heterocycles. The summed E-state index contributed by atoms with van der Waals surface area (Å²) >= 11 is 0. The van der Waals surface area contributed by atoms with Gasteiger partial charge in [0.25, 0.3) is 0 Å². The molecule has 0 amide bonds. The SMILES string of the molecule is CCC1(CNC(=NC)NCCOCCOC)CCCC1. The monoisotopic (exact) mass is 285 g/mol. The van der Waals surface area contributed by atoms with Gasteiger partial charge in [-0.25, -0.2) is 0 Å². The minimum Gasteiger partial charge on any atom is -0.382 e. The van der Waals surface area contributed by atoms with Gasteiger partial charge in [0.15, 0.2) is 5.96 Å². The fourth-order valence-corrected chi connectivity index (χ4v) is 2.76. The highest BCUT2D eigenvalue weighted by Crippen LogP contribution is 2.40. The third kappa shape index (κ3) is 6.09. The van der Waals surface area contributed by atoms with Crippen molar-refractivity contribution in [2.45, 2.75) is 39.0 Å². The number of nitrogens with one attached hydrogen (secondary N) is 2. The molecule has 0 atom stereocenters. The summed E-state index contributed by atoms with van der Waals surface area (Å²) in [6.45, 7) is 6.04. The van der Waals surface area contributed by atoms with Crippen molar-refractivity contribution in [3.63, 3.8) is 0 Å². The molecule has 5 nitrogen and oxygen atoms in total. The smallest absolute Gasteiger partial charge is 0.191 e. The van der Waals surface area contributed by atoms with Crippen molar-refractivity contribution < 1.29 is 9.47 Å². The molecule has 0 aromatic rings. The second kappa shape index (κ2) is 10.00. The molecule has 0 radical (unpaired) electrons. The van der Waals surface area contributed by atoms with E-state index in [1.807, 2.05) is 7.05 Å². The maximum absolute atomic E-state index is 5.42. The molecule has 0 bridgehead atoms. The summed E-state index contributed by atoms with van der Waals surface area (Å²) in [5, 5.41) is 6.75. The zero-order valence-electron chi connectivity index (χ0n) is 13.3. The molecule has 0 spiro atoms. The van der Waals surface area contributed by atoms with E-state index in [1.54, 1.807) is 7.11 Å². The Morgan fingerprint density at radius 2 is 1.90 bits per heavy atom. The minimum absolute atomic E-state index is 0.479. The molecule has 0 aromatic heterocycles. The van der Waals surface area contributed by atoms with Gasteiger partial charge in [-0.05, 0) is 24.7 Å². The topological polar surface area (TPSA) is 54.9 Å². The maximum Gasteiger partial charge on any atom is 0.191 e. The van der Waals surface area contributed by atoms with Gasteiger partial charge in [-0.3, -0.25) is 4.99 Å². The van der Waals surface area contributed by atoms with Gasteiger partial charge in [0.2, 0.25) is 0 Å². The van der Waals surface area contributed by atoms with E-state index in [9.17, 15) is 0 Å². The van der Waals surface area contributed by atoms with E-state index in [4.69, 9.17) is 9.47 Å². The van der Waals surface area contributed by atoms with Crippen LogP contribution < -0.4 is 10.6 Å². The molecule has 1 fully saturated rings. The highest BCUT2D eigenvalue weighted by Gasteiger charge is 2.31. The van der Waals surface area contributed by atoms with Crippen LogP contribution in [0, 0.1) is 5.41 Å². The van der Waals surface area contributed by atoms with Gasteiger partial charge in [-0.2, -0.15) is 0 Å². The molecule has 0 aliphatic heterocycles. The van der Waals surface area contributed by atoms with E-state index in [0.29, 0.717) is 25.2 Å². The zero-order valence-corrected chi connectivity index (χ0v) is 13.3. The third-order valence-corrected chi connectivity index (χ3v) is 4.24. The average Bonchev–Trinajstić information content (AvgIpc) is 2.95. The number of ether oxygens (including phenoxy) is 2. The fraction of sp³-hybridized carbons (Fsp3) is 0.933. The Hall–Kier alpha value is -0.810. The van der Waals surface area contributed by atoms with Gasteiger partial charge in [0.1, 0.15) is 0 Å². The molecule has 118 valence electrons. The molecular formula is C15H31N3O2. The molecule has 0 aromatic carbocycles. The highest BCUT2D eigenvalue weighted by atomic mass is 16.5. The standard InChI is InChI=1S/C15H31N3O2/c1-4-15(7-5-6-8-15)13-18-14(16-2)17-9-10-20-12-11-19-3/h4-13H2,1-3H3,(H2,16,17,18). The van der Waals surface area contributed by atoms with Crippen LogP contribution in [0.4, 0.5) is 0 Å². The van der Waals surface area contributed by atoms with Crippen LogP contribution >= 0.6 is 0 Å². The molecule has 1 saturated carbocycles. The summed E-state index contributed by atoms with van der Waals surface area (Å²) in [4.78, 5) is 4.26. The lowest BCUT2D eigenvalue weighted by Crippen LogP contribution is -2.43. The van der Waals surface area contributed by atoms with Crippen LogP contribution in [0.2, 0.25) is 0 Å². The maximum atomic E-state index is 5.42. The molecule has 5 heteroatoms. The molecule has 0 unspecified atom stereocenters. The number of hydrogen-bond acceptors (Lipinski definition) is 3. The van der Waals surface area contributed by atoms with Gasteiger partial charge < -0.3 is 20.1 Å². The Bertz CT molecular complexity index is 276. The van der Waals surface area contributed by atoms with E-state index in [-0.39, 0.29) is 0 Å². The molecule has 0 heterocycles. The molecule has 1 rings (SSSR count). The first kappa shape index (κ1) is 17.2. The van der Waals surface area contributed by atoms with E-state index in [2.05, 4.69) is 22.5 Å². The largest absolute Gasteiger partial charge is 0.382 e. The van der Waals surface area contributed by atoms with Crippen molar-refractivity contribution in [3.8, 4) is 0 Å². The number of nitrogens with zero attached hydrogens (tertiary/aromatic N) is 1. The zero-order chi connectivity index (χ0) is 14.7. The van der Waals surface area contributed by atoms with Gasteiger partial charge >= 0.3 is 0 Å². The second-order valence-electron chi connectivity index (χ2n) is 5.52. The summed E-state index contributed by atoms with van der Waals surface area (Å²) in [5.41, 5.74) is 0.479. The predicted octanol–water partition coefficient (Wildman–Crippen LogP) is 1.78. The van der Waals surface area contributed by atoms with Crippen molar-refractivity contribution in [2.24, 2.45) is 10.4 Å². The van der Waals surface area contributed by atoms with Crippen LogP contribution in [0.3, 0.4) is 0 Å². The van der Waals surface area contributed by atoms with Crippen molar-refractivity contribution in [1.29, 1.82) is 0 Å². The summed E-state index contributed by atoms with van der Waals surface area (Å²) in [5.74, 6) is 0.875. The predicted molar refractivity (Wildman–Crippen MR) is 83.3 cm³/mol. The fourth-order valence-electron chi connectivity index (χ4n) is 2.76. The van der Waals surface area contributed by atoms with Gasteiger partial charge in [-0.15, -0.1) is 0 Å². The van der Waals surface area contributed by atoms with Crippen LogP contribution in [-0.2, 0) is 9.47 Å². The molecular weight excluding hydrogens is 254 g/mol. The Balaban J connectivity index is 2.16. The Morgan fingerprint density at radius 3 is 2.50 bits per heavy atom. The Labute approximate surface area is 123 Å². The van der Waals surface area contributed by atoms with E-state index in [0.717, 1.165) is 19.0 Å². The van der Waals surface area contributed by atoms with E-state index < -0.39 is 0 Å². The van der Waals surface area contributed by atoms with E-state index >= 15 is 0 Å². The first-order valence-corrected chi connectivity index (χ1v) is 7.77. The van der Waals surface area contributed by atoms with Crippen molar-refractivity contribution in [1.82, 2.24) is 10.6 Å². The number of aliphatic imine (C=N–C) groups is 1. The van der Waals surface area contributed by atoms with Gasteiger partial charge in [0, 0.05) is 27.2 Å². The first-order valence-electron chi connectivity index (χ1n) is 7.77. The van der Waals surface area contributed by atoms with Crippen LogP contribution in [-0.4, -0.2) is 53.0 Å². The van der Waals surface area contributed by atoms with Crippen LogP contribution in [0.25, 0.3) is 0 Å². The summed E-state index contributed by atoms with van der Waals surface area (Å²) in [6.07, 6.45) is 6.67. The van der Waals surface area contributed by atoms with Crippen LogP contribution in [0.5, 0.6) is 0 Å². The Kier molecular flexibility index (Phi) is 8.62. The summed E-state index contributed by atoms with van der Waals surface area (Å²) in [6, 6.07) is 0. The highest BCUT2D eigenvalue weighted by molar-refractivity contribution is 5.79. The van der Waals surface area contributed by atoms with Crippen molar-refractivity contribution >= 4 is 5.96 Å². The van der Waals surface area contributed by atoms with Crippen molar-refractivity contribution in [2.75, 3.05) is 47.1 Å². The van der Waals surface area contributed by atoms with Crippen LogP contribution in [0.1, 0.15) is 39.0 Å². The molecule has 20 heavy (non-hydrogen) atoms. The molecule has 1 aliphatic rings. The number of rotatable bonds is 9. The van der Waals surface area contributed by atoms with Crippen LogP contribution in [0.15, 0.2) is 4.99 Å². The summed E-state index contributed by atoms with van der Waals surface area (Å²) in [7, 11) is 3.49. The molecule has 2 N–H and O–H groups in total. The molecule has 1 aliphatic carbocycles. The quantitative estimate of drug-likeness (QED) is 0.385. The minimum atomic E-state index is 0.479. The van der Waals surface area contributed by atoms with Crippen molar-refractivity contribution in [3.05, 3.63) is 0 Å². The van der Waals surface area contributed by atoms with E-state index in [1.165, 1.54) is 32.1 Å². The number of hydrogen-bond donors (Lipinski definition) is 2. The van der Waals surface area contributed by atoms with Gasteiger partial charge in [-0.1, -0.05) is 19.8 Å². The van der Waals surface area contributed by atoms with Gasteiger partial charge in [0.05, 0.1) is 19.8 Å². The first-order chi connectivity index (χ1) is 9.76. The Morgan fingerprint density at radius 1 is 1.15 bits per heavy atom. The third-order valence-electron chi connectivity index (χ3n) is 4.24. The lowest BCUT2D eigenvalue weighted by atomic mass is 9.83. The number of methoxy groups -OCH3 is 1. The normalized spacial score (nSPS) is 18.2. The average molecular weight is 285 g/mol. The second-order valence-corrected chi connectivity index (χ2v) is 5.52.